The van der Waals surface area contributed by atoms with Crippen molar-refractivity contribution in [2.24, 2.45) is 57.2 Å². The SMILES string of the molecule is C=C(C)C1CCC2(C(=O)O)CCC3C(CCC4C3(C)CCC3C(C)(C)C(c5ccc(C(=O)O)cc5)=CCC34C)C12. The van der Waals surface area contributed by atoms with E-state index in [-0.39, 0.29) is 22.2 Å². The Labute approximate surface area is 240 Å². The highest BCUT2D eigenvalue weighted by molar-refractivity contribution is 5.88. The molecule has 2 N–H and O–H groups in total. The average molecular weight is 545 g/mol. The van der Waals surface area contributed by atoms with Crippen molar-refractivity contribution in [1.82, 2.24) is 0 Å². The molecule has 0 heterocycles. The molecule has 0 amide bonds. The van der Waals surface area contributed by atoms with E-state index in [4.69, 9.17) is 0 Å². The first kappa shape index (κ1) is 27.8. The number of aromatic carboxylic acids is 1. The van der Waals surface area contributed by atoms with Crippen molar-refractivity contribution in [2.45, 2.75) is 92.4 Å². The summed E-state index contributed by atoms with van der Waals surface area (Å²) in [6, 6.07) is 7.47. The monoisotopic (exact) mass is 544 g/mol. The van der Waals surface area contributed by atoms with Crippen molar-refractivity contribution in [3.05, 3.63) is 53.6 Å². The molecule has 1 aromatic rings. The van der Waals surface area contributed by atoms with Crippen LogP contribution in [0.2, 0.25) is 0 Å². The Morgan fingerprint density at radius 2 is 1.52 bits per heavy atom. The molecule has 40 heavy (non-hydrogen) atoms. The van der Waals surface area contributed by atoms with Crippen LogP contribution in [-0.4, -0.2) is 22.2 Å². The molecule has 9 unspecified atom stereocenters. The fourth-order valence-corrected chi connectivity index (χ4v) is 12.1. The minimum Gasteiger partial charge on any atom is -0.481 e. The third-order valence-electron chi connectivity index (χ3n) is 13.7. The quantitative estimate of drug-likeness (QED) is 0.372. The van der Waals surface area contributed by atoms with Gasteiger partial charge in [-0.1, -0.05) is 58.1 Å². The van der Waals surface area contributed by atoms with Crippen LogP contribution in [0.4, 0.5) is 0 Å². The van der Waals surface area contributed by atoms with Gasteiger partial charge in [-0.3, -0.25) is 4.79 Å². The van der Waals surface area contributed by atoms with Gasteiger partial charge in [0.25, 0.3) is 0 Å². The van der Waals surface area contributed by atoms with Gasteiger partial charge in [-0.25, -0.2) is 4.79 Å². The highest BCUT2D eigenvalue weighted by Crippen LogP contribution is 2.74. The molecule has 4 heteroatoms. The second kappa shape index (κ2) is 9.07. The van der Waals surface area contributed by atoms with Crippen molar-refractivity contribution >= 4 is 17.5 Å². The zero-order valence-electron chi connectivity index (χ0n) is 25.1. The number of aliphatic carboxylic acids is 1. The highest BCUT2D eigenvalue weighted by atomic mass is 16.4. The Morgan fingerprint density at radius 3 is 2.15 bits per heavy atom. The average Bonchev–Trinajstić information content (AvgIpc) is 3.30. The summed E-state index contributed by atoms with van der Waals surface area (Å²) in [6.45, 7) is 16.5. The number of allylic oxidation sites excluding steroid dienone is 3. The second-order valence-electron chi connectivity index (χ2n) is 15.4. The molecule has 4 nitrogen and oxygen atoms in total. The zero-order valence-corrected chi connectivity index (χ0v) is 25.1. The van der Waals surface area contributed by atoms with Gasteiger partial charge in [0.15, 0.2) is 0 Å². The Hall–Kier alpha value is -2.36. The third-order valence-corrected chi connectivity index (χ3v) is 13.7. The van der Waals surface area contributed by atoms with Crippen molar-refractivity contribution < 1.29 is 19.8 Å². The molecule has 6 rings (SSSR count). The van der Waals surface area contributed by atoms with E-state index in [1.54, 1.807) is 12.1 Å². The van der Waals surface area contributed by atoms with Crippen LogP contribution in [0.1, 0.15) is 108 Å². The van der Waals surface area contributed by atoms with Crippen LogP contribution in [0, 0.1) is 57.2 Å². The Bertz CT molecular complexity index is 1270. The predicted octanol–water partition coefficient (Wildman–Crippen LogP) is 8.73. The molecule has 9 atom stereocenters. The number of hydrogen-bond acceptors (Lipinski definition) is 2. The largest absolute Gasteiger partial charge is 0.481 e. The van der Waals surface area contributed by atoms with Gasteiger partial charge in [-0.15, -0.1) is 0 Å². The maximum atomic E-state index is 12.8. The number of benzene rings is 1. The summed E-state index contributed by atoms with van der Waals surface area (Å²) in [7, 11) is 0. The van der Waals surface area contributed by atoms with Crippen LogP contribution in [0.25, 0.3) is 5.57 Å². The molecule has 0 aliphatic heterocycles. The molecule has 5 aliphatic carbocycles. The summed E-state index contributed by atoms with van der Waals surface area (Å²) < 4.78 is 0. The van der Waals surface area contributed by atoms with E-state index >= 15 is 0 Å². The predicted molar refractivity (Wildman–Crippen MR) is 159 cm³/mol. The van der Waals surface area contributed by atoms with Gasteiger partial charge in [-0.05, 0) is 140 Å². The summed E-state index contributed by atoms with van der Waals surface area (Å²) >= 11 is 0. The van der Waals surface area contributed by atoms with E-state index in [0.717, 1.165) is 44.1 Å². The Balaban J connectivity index is 1.34. The Morgan fingerprint density at radius 1 is 0.850 bits per heavy atom. The van der Waals surface area contributed by atoms with Crippen LogP contribution < -0.4 is 0 Å². The molecular formula is C36H48O4. The van der Waals surface area contributed by atoms with Crippen molar-refractivity contribution in [1.29, 1.82) is 0 Å². The molecule has 4 saturated carbocycles. The lowest BCUT2D eigenvalue weighted by Crippen LogP contribution is -2.61. The third kappa shape index (κ3) is 3.62. The topological polar surface area (TPSA) is 74.6 Å². The molecule has 0 bridgehead atoms. The first-order valence-corrected chi connectivity index (χ1v) is 15.7. The molecule has 216 valence electrons. The molecule has 0 radical (unpaired) electrons. The second-order valence-corrected chi connectivity index (χ2v) is 15.4. The lowest BCUT2D eigenvalue weighted by atomic mass is 9.36. The van der Waals surface area contributed by atoms with E-state index < -0.39 is 17.4 Å². The molecule has 1 aromatic carbocycles. The minimum absolute atomic E-state index is 0.00253. The van der Waals surface area contributed by atoms with Gasteiger partial charge in [-0.2, -0.15) is 0 Å². The van der Waals surface area contributed by atoms with Gasteiger partial charge >= 0.3 is 11.9 Å². The van der Waals surface area contributed by atoms with Gasteiger partial charge in [0.2, 0.25) is 0 Å². The number of carboxylic acids is 2. The summed E-state index contributed by atoms with van der Waals surface area (Å²) in [5.41, 5.74) is 3.94. The highest BCUT2D eigenvalue weighted by Gasteiger charge is 2.67. The van der Waals surface area contributed by atoms with Crippen molar-refractivity contribution in [3.63, 3.8) is 0 Å². The van der Waals surface area contributed by atoms with E-state index in [1.807, 2.05) is 12.1 Å². The number of hydrogen-bond donors (Lipinski definition) is 2. The number of carbonyl (C=O) groups is 2. The number of fused-ring (bicyclic) bond motifs is 7. The summed E-state index contributed by atoms with van der Waals surface area (Å²) in [4.78, 5) is 24.2. The van der Waals surface area contributed by atoms with E-state index in [0.29, 0.717) is 35.2 Å². The summed E-state index contributed by atoms with van der Waals surface area (Å²) in [5.74, 6) is 1.44. The maximum absolute atomic E-state index is 12.8. The van der Waals surface area contributed by atoms with E-state index in [2.05, 4.69) is 47.3 Å². The normalized spacial score (nSPS) is 43.4. The Kier molecular flexibility index (Phi) is 6.30. The van der Waals surface area contributed by atoms with E-state index in [9.17, 15) is 19.8 Å². The summed E-state index contributed by atoms with van der Waals surface area (Å²) in [5, 5.41) is 19.9. The van der Waals surface area contributed by atoms with Crippen LogP contribution in [0.3, 0.4) is 0 Å². The van der Waals surface area contributed by atoms with Crippen molar-refractivity contribution in [2.75, 3.05) is 0 Å². The maximum Gasteiger partial charge on any atom is 0.335 e. The van der Waals surface area contributed by atoms with Gasteiger partial charge < -0.3 is 10.2 Å². The van der Waals surface area contributed by atoms with Crippen LogP contribution >= 0.6 is 0 Å². The molecule has 0 aromatic heterocycles. The molecule has 4 fully saturated rings. The fraction of sp³-hybridized carbons (Fsp3) is 0.667. The van der Waals surface area contributed by atoms with Gasteiger partial charge in [0, 0.05) is 0 Å². The smallest absolute Gasteiger partial charge is 0.335 e. The van der Waals surface area contributed by atoms with E-state index in [1.165, 1.54) is 30.4 Å². The molecular weight excluding hydrogens is 496 g/mol. The number of rotatable bonds is 4. The van der Waals surface area contributed by atoms with Crippen molar-refractivity contribution in [3.8, 4) is 0 Å². The molecule has 5 aliphatic rings. The van der Waals surface area contributed by atoms with Gasteiger partial charge in [0.1, 0.15) is 0 Å². The first-order chi connectivity index (χ1) is 18.8. The molecule has 0 saturated heterocycles. The number of carboxylic acid groups (broad SMARTS) is 2. The standard InChI is InChI=1S/C36H48O4/c1-21(2)24-13-19-36(32(39)40)20-15-27-25(30(24)36)11-12-29-34(27,5)18-16-28-33(3,4)26(14-17-35(28,29)6)22-7-9-23(10-8-22)31(37)38/h7-10,14,24-25,27-30H,1,11-13,15-20H2,2-6H3,(H,37,38)(H,39,40). The summed E-state index contributed by atoms with van der Waals surface area (Å²) in [6.07, 6.45) is 12.0. The lowest BCUT2D eigenvalue weighted by molar-refractivity contribution is -0.190. The fourth-order valence-electron chi connectivity index (χ4n) is 12.1. The zero-order chi connectivity index (χ0) is 28.8. The van der Waals surface area contributed by atoms with Crippen LogP contribution in [-0.2, 0) is 4.79 Å². The molecule has 0 spiro atoms. The minimum atomic E-state index is -0.881. The van der Waals surface area contributed by atoms with Crippen LogP contribution in [0.5, 0.6) is 0 Å². The van der Waals surface area contributed by atoms with Gasteiger partial charge in [0.05, 0.1) is 11.0 Å². The first-order valence-electron chi connectivity index (χ1n) is 15.7. The van der Waals surface area contributed by atoms with Crippen LogP contribution in [0.15, 0.2) is 42.5 Å². The lowest BCUT2D eigenvalue weighted by Gasteiger charge is -2.68.